The summed E-state index contributed by atoms with van der Waals surface area (Å²) in [5.74, 6) is -0.115. The molecule has 1 aliphatic carbocycles. The van der Waals surface area contributed by atoms with Gasteiger partial charge in [0.2, 0.25) is 0 Å². The second-order valence-electron chi connectivity index (χ2n) is 5.25. The van der Waals surface area contributed by atoms with Crippen molar-refractivity contribution < 1.29 is 4.79 Å². The van der Waals surface area contributed by atoms with Gasteiger partial charge in [0.05, 0.1) is 16.1 Å². The molecule has 0 saturated heterocycles. The summed E-state index contributed by atoms with van der Waals surface area (Å²) in [7, 11) is 0. The van der Waals surface area contributed by atoms with Gasteiger partial charge in [0.1, 0.15) is 0 Å². The highest BCUT2D eigenvalue weighted by Crippen LogP contribution is 2.30. The van der Waals surface area contributed by atoms with E-state index in [1.54, 1.807) is 18.2 Å². The Kier molecular flexibility index (Phi) is 4.18. The number of aryl methyl sites for hydroxylation is 1. The van der Waals surface area contributed by atoms with Gasteiger partial charge in [-0.3, -0.25) is 4.79 Å². The number of nitrogens with one attached hydrogen (secondary N) is 1. The monoisotopic (exact) mass is 319 g/mol. The topological polar surface area (TPSA) is 29.1 Å². The van der Waals surface area contributed by atoms with E-state index in [9.17, 15) is 4.79 Å². The van der Waals surface area contributed by atoms with Crippen LogP contribution in [0.1, 0.15) is 40.4 Å². The summed E-state index contributed by atoms with van der Waals surface area (Å²) < 4.78 is 0. The summed E-state index contributed by atoms with van der Waals surface area (Å²) in [4.78, 5) is 12.4. The van der Waals surface area contributed by atoms with Crippen molar-refractivity contribution in [3.8, 4) is 0 Å². The highest BCUT2D eigenvalue weighted by Gasteiger charge is 2.22. The van der Waals surface area contributed by atoms with E-state index in [4.69, 9.17) is 23.2 Å². The van der Waals surface area contributed by atoms with Gasteiger partial charge >= 0.3 is 0 Å². The van der Waals surface area contributed by atoms with Crippen LogP contribution in [-0.4, -0.2) is 5.91 Å². The van der Waals surface area contributed by atoms with Gasteiger partial charge in [0.25, 0.3) is 5.91 Å². The maximum absolute atomic E-state index is 12.4. The Labute approximate surface area is 134 Å². The smallest absolute Gasteiger partial charge is 0.251 e. The Hall–Kier alpha value is -1.51. The highest BCUT2D eigenvalue weighted by atomic mass is 35.5. The molecule has 108 valence electrons. The Balaban J connectivity index is 1.81. The van der Waals surface area contributed by atoms with Gasteiger partial charge in [0, 0.05) is 5.56 Å². The molecule has 21 heavy (non-hydrogen) atoms. The van der Waals surface area contributed by atoms with E-state index >= 15 is 0 Å². The Morgan fingerprint density at radius 1 is 1.10 bits per heavy atom. The molecule has 0 fully saturated rings. The van der Waals surface area contributed by atoms with Gasteiger partial charge in [-0.1, -0.05) is 47.5 Å². The number of hydrogen-bond acceptors (Lipinski definition) is 1. The average Bonchev–Trinajstić information content (AvgIpc) is 2.50. The minimum absolute atomic E-state index is 0.0666. The van der Waals surface area contributed by atoms with E-state index in [1.807, 2.05) is 12.1 Å². The van der Waals surface area contributed by atoms with Crippen molar-refractivity contribution >= 4 is 29.1 Å². The van der Waals surface area contributed by atoms with Crippen LogP contribution in [0.25, 0.3) is 0 Å². The molecule has 0 aliphatic heterocycles. The number of hydrogen-bond donors (Lipinski definition) is 1. The normalized spacial score (nSPS) is 17.1. The number of fused-ring (bicyclic) bond motifs is 1. The Morgan fingerprint density at radius 3 is 2.71 bits per heavy atom. The molecule has 3 rings (SSSR count). The molecule has 1 N–H and O–H groups in total. The standard InChI is InChI=1S/C17H15Cl2NO/c18-14-9-8-12(10-15(14)19)17(21)20-16-7-3-5-11-4-1-2-6-13(11)16/h1-2,4,6,8-10,16H,3,5,7H2,(H,20,21)/t16-/m1/s1. The number of benzene rings is 2. The van der Waals surface area contributed by atoms with Crippen molar-refractivity contribution in [2.45, 2.75) is 25.3 Å². The number of rotatable bonds is 2. The summed E-state index contributed by atoms with van der Waals surface area (Å²) in [5.41, 5.74) is 3.08. The van der Waals surface area contributed by atoms with Gasteiger partial charge < -0.3 is 5.32 Å². The third-order valence-electron chi connectivity index (χ3n) is 3.86. The molecule has 0 heterocycles. The van der Waals surface area contributed by atoms with Crippen molar-refractivity contribution in [3.63, 3.8) is 0 Å². The van der Waals surface area contributed by atoms with E-state index in [2.05, 4.69) is 17.4 Å². The highest BCUT2D eigenvalue weighted by molar-refractivity contribution is 6.42. The molecule has 2 aromatic rings. The third kappa shape index (κ3) is 3.07. The van der Waals surface area contributed by atoms with E-state index in [0.29, 0.717) is 15.6 Å². The summed E-state index contributed by atoms with van der Waals surface area (Å²) in [5, 5.41) is 3.95. The second-order valence-corrected chi connectivity index (χ2v) is 6.06. The predicted octanol–water partition coefficient (Wildman–Crippen LogP) is 4.80. The summed E-state index contributed by atoms with van der Waals surface area (Å²) >= 11 is 11.9. The third-order valence-corrected chi connectivity index (χ3v) is 4.60. The maximum Gasteiger partial charge on any atom is 0.251 e. The molecule has 0 aromatic heterocycles. The fourth-order valence-electron chi connectivity index (χ4n) is 2.78. The molecular formula is C17H15Cl2NO. The summed E-state index contributed by atoms with van der Waals surface area (Å²) in [6.45, 7) is 0. The number of carbonyl (C=O) groups excluding carboxylic acids is 1. The minimum atomic E-state index is -0.115. The van der Waals surface area contributed by atoms with Crippen LogP contribution in [0.5, 0.6) is 0 Å². The molecule has 1 aliphatic rings. The molecular weight excluding hydrogens is 305 g/mol. The fraction of sp³-hybridized carbons (Fsp3) is 0.235. The lowest BCUT2D eigenvalue weighted by molar-refractivity contribution is 0.0933. The molecule has 2 aromatic carbocycles. The van der Waals surface area contributed by atoms with Crippen LogP contribution in [0.15, 0.2) is 42.5 Å². The van der Waals surface area contributed by atoms with Gasteiger partial charge in [-0.05, 0) is 48.6 Å². The van der Waals surface area contributed by atoms with Crippen LogP contribution in [0.4, 0.5) is 0 Å². The zero-order valence-electron chi connectivity index (χ0n) is 11.4. The zero-order valence-corrected chi connectivity index (χ0v) is 12.9. The van der Waals surface area contributed by atoms with Crippen LogP contribution >= 0.6 is 23.2 Å². The lowest BCUT2D eigenvalue weighted by atomic mass is 9.87. The molecule has 2 nitrogen and oxygen atoms in total. The molecule has 1 amide bonds. The SMILES string of the molecule is O=C(N[C@@H]1CCCc2ccccc21)c1ccc(Cl)c(Cl)c1. The van der Waals surface area contributed by atoms with Crippen molar-refractivity contribution in [2.24, 2.45) is 0 Å². The molecule has 1 atom stereocenters. The molecule has 0 spiro atoms. The lowest BCUT2D eigenvalue weighted by Crippen LogP contribution is -2.30. The van der Waals surface area contributed by atoms with Crippen molar-refractivity contribution in [3.05, 3.63) is 69.2 Å². The van der Waals surface area contributed by atoms with Crippen LogP contribution in [0, 0.1) is 0 Å². The van der Waals surface area contributed by atoms with Gasteiger partial charge in [-0.2, -0.15) is 0 Å². The molecule has 0 unspecified atom stereocenters. The first-order valence-electron chi connectivity index (χ1n) is 6.99. The number of carbonyl (C=O) groups is 1. The van der Waals surface area contributed by atoms with Gasteiger partial charge in [-0.15, -0.1) is 0 Å². The quantitative estimate of drug-likeness (QED) is 0.846. The maximum atomic E-state index is 12.4. The first kappa shape index (κ1) is 14.4. The van der Waals surface area contributed by atoms with Crippen LogP contribution in [0.3, 0.4) is 0 Å². The Bertz CT molecular complexity index is 684. The first-order chi connectivity index (χ1) is 10.1. The van der Waals surface area contributed by atoms with E-state index in [0.717, 1.165) is 19.3 Å². The van der Waals surface area contributed by atoms with Gasteiger partial charge in [0.15, 0.2) is 0 Å². The molecule has 0 saturated carbocycles. The fourth-order valence-corrected chi connectivity index (χ4v) is 3.08. The Morgan fingerprint density at radius 2 is 1.90 bits per heavy atom. The second kappa shape index (κ2) is 6.08. The van der Waals surface area contributed by atoms with Gasteiger partial charge in [-0.25, -0.2) is 0 Å². The molecule has 0 bridgehead atoms. The summed E-state index contributed by atoms with van der Waals surface area (Å²) in [6.07, 6.45) is 3.13. The largest absolute Gasteiger partial charge is 0.345 e. The number of amides is 1. The minimum Gasteiger partial charge on any atom is -0.345 e. The van der Waals surface area contributed by atoms with E-state index in [1.165, 1.54) is 11.1 Å². The van der Waals surface area contributed by atoms with E-state index < -0.39 is 0 Å². The van der Waals surface area contributed by atoms with Crippen LogP contribution in [0.2, 0.25) is 10.0 Å². The number of halogens is 2. The lowest BCUT2D eigenvalue weighted by Gasteiger charge is -2.26. The van der Waals surface area contributed by atoms with Crippen molar-refractivity contribution in [2.75, 3.05) is 0 Å². The van der Waals surface area contributed by atoms with Crippen molar-refractivity contribution in [1.29, 1.82) is 0 Å². The molecule has 0 radical (unpaired) electrons. The van der Waals surface area contributed by atoms with Crippen LogP contribution in [-0.2, 0) is 6.42 Å². The predicted molar refractivity (Wildman–Crippen MR) is 86.0 cm³/mol. The van der Waals surface area contributed by atoms with Crippen LogP contribution < -0.4 is 5.32 Å². The summed E-state index contributed by atoms with van der Waals surface area (Å²) in [6, 6.07) is 13.3. The first-order valence-corrected chi connectivity index (χ1v) is 7.74. The van der Waals surface area contributed by atoms with Crippen molar-refractivity contribution in [1.82, 2.24) is 5.32 Å². The molecule has 4 heteroatoms. The van der Waals surface area contributed by atoms with E-state index in [-0.39, 0.29) is 11.9 Å². The zero-order chi connectivity index (χ0) is 14.8. The average molecular weight is 320 g/mol.